The topological polar surface area (TPSA) is 50.4 Å². The molecule has 0 aromatic heterocycles. The second-order valence-electron chi connectivity index (χ2n) is 3.83. The van der Waals surface area contributed by atoms with Gasteiger partial charge in [0.15, 0.2) is 0 Å². The number of amides is 1. The van der Waals surface area contributed by atoms with E-state index >= 15 is 0 Å². The van der Waals surface area contributed by atoms with Gasteiger partial charge < -0.3 is 15.4 Å². The van der Waals surface area contributed by atoms with Gasteiger partial charge in [-0.2, -0.15) is 0 Å². The fourth-order valence-corrected chi connectivity index (χ4v) is 1.13. The second kappa shape index (κ2) is 9.93. The highest BCUT2D eigenvalue weighted by Crippen LogP contribution is 1.90. The molecule has 0 radical (unpaired) electrons. The first-order valence-corrected chi connectivity index (χ1v) is 5.69. The van der Waals surface area contributed by atoms with Crippen molar-refractivity contribution in [2.75, 3.05) is 26.7 Å². The number of hydrogen-bond donors (Lipinski definition) is 2. The minimum absolute atomic E-state index is 0.134. The molecule has 0 aromatic rings. The van der Waals surface area contributed by atoms with Crippen LogP contribution in [0.2, 0.25) is 0 Å². The molecule has 0 aliphatic rings. The van der Waals surface area contributed by atoms with E-state index in [1.807, 2.05) is 20.9 Å². The fourth-order valence-electron chi connectivity index (χ4n) is 1.13. The Kier molecular flexibility index (Phi) is 9.52. The predicted molar refractivity (Wildman–Crippen MR) is 61.9 cm³/mol. The molecule has 0 unspecified atom stereocenters. The molecule has 0 aromatic carbocycles. The molecule has 0 aliphatic carbocycles. The van der Waals surface area contributed by atoms with Crippen molar-refractivity contribution in [3.8, 4) is 0 Å². The van der Waals surface area contributed by atoms with Gasteiger partial charge in [-0.15, -0.1) is 0 Å². The Morgan fingerprint density at radius 3 is 2.60 bits per heavy atom. The first-order valence-electron chi connectivity index (χ1n) is 5.69. The highest BCUT2D eigenvalue weighted by atomic mass is 16.5. The van der Waals surface area contributed by atoms with Gasteiger partial charge in [-0.05, 0) is 40.3 Å². The van der Waals surface area contributed by atoms with Crippen molar-refractivity contribution < 1.29 is 9.53 Å². The summed E-state index contributed by atoms with van der Waals surface area (Å²) in [4.78, 5) is 11.2. The van der Waals surface area contributed by atoms with E-state index in [2.05, 4.69) is 10.6 Å². The van der Waals surface area contributed by atoms with Crippen molar-refractivity contribution in [1.29, 1.82) is 0 Å². The van der Waals surface area contributed by atoms with Gasteiger partial charge in [0.1, 0.15) is 0 Å². The molecular weight excluding hydrogens is 192 g/mol. The van der Waals surface area contributed by atoms with Crippen LogP contribution < -0.4 is 10.6 Å². The molecule has 4 nitrogen and oxygen atoms in total. The van der Waals surface area contributed by atoms with E-state index in [0.717, 1.165) is 19.4 Å². The number of carbonyl (C=O) groups excluding carboxylic acids is 1. The molecule has 2 N–H and O–H groups in total. The van der Waals surface area contributed by atoms with E-state index in [9.17, 15) is 4.79 Å². The zero-order valence-electron chi connectivity index (χ0n) is 10.1. The van der Waals surface area contributed by atoms with Crippen LogP contribution in [0.25, 0.3) is 0 Å². The van der Waals surface area contributed by atoms with Gasteiger partial charge in [0.05, 0.1) is 6.10 Å². The maximum absolute atomic E-state index is 11.2. The Bertz CT molecular complexity index is 161. The van der Waals surface area contributed by atoms with Gasteiger partial charge in [0.25, 0.3) is 0 Å². The van der Waals surface area contributed by atoms with E-state index < -0.39 is 0 Å². The maximum Gasteiger partial charge on any atom is 0.220 e. The van der Waals surface area contributed by atoms with Crippen molar-refractivity contribution in [1.82, 2.24) is 10.6 Å². The van der Waals surface area contributed by atoms with Crippen LogP contribution >= 0.6 is 0 Å². The first kappa shape index (κ1) is 14.4. The minimum atomic E-state index is 0.134. The van der Waals surface area contributed by atoms with Crippen LogP contribution in [0.3, 0.4) is 0 Å². The third kappa shape index (κ3) is 11.3. The summed E-state index contributed by atoms with van der Waals surface area (Å²) >= 11 is 0. The molecule has 0 rings (SSSR count). The summed E-state index contributed by atoms with van der Waals surface area (Å²) in [6, 6.07) is 0. The van der Waals surface area contributed by atoms with Crippen LogP contribution in [0, 0.1) is 0 Å². The highest BCUT2D eigenvalue weighted by molar-refractivity contribution is 5.75. The Morgan fingerprint density at radius 1 is 1.27 bits per heavy atom. The molecule has 0 bridgehead atoms. The molecule has 0 atom stereocenters. The SMILES string of the molecule is CNCCCC(=O)NCCCOC(C)C. The maximum atomic E-state index is 11.2. The van der Waals surface area contributed by atoms with E-state index in [4.69, 9.17) is 4.74 Å². The van der Waals surface area contributed by atoms with Gasteiger partial charge >= 0.3 is 0 Å². The fraction of sp³-hybridized carbons (Fsp3) is 0.909. The standard InChI is InChI=1S/C11H24N2O2/c1-10(2)15-9-5-8-13-11(14)6-4-7-12-3/h10,12H,4-9H2,1-3H3,(H,13,14). The van der Waals surface area contributed by atoms with Crippen LogP contribution in [0.1, 0.15) is 33.1 Å². The van der Waals surface area contributed by atoms with E-state index in [1.54, 1.807) is 0 Å². The lowest BCUT2D eigenvalue weighted by Gasteiger charge is -2.08. The Labute approximate surface area is 92.8 Å². The molecular formula is C11H24N2O2. The van der Waals surface area contributed by atoms with Crippen molar-refractivity contribution in [2.45, 2.75) is 39.2 Å². The minimum Gasteiger partial charge on any atom is -0.379 e. The predicted octanol–water partition coefficient (Wildman–Crippen LogP) is 0.917. The molecule has 0 aliphatic heterocycles. The number of hydrogen-bond acceptors (Lipinski definition) is 3. The van der Waals surface area contributed by atoms with E-state index in [0.29, 0.717) is 19.6 Å². The van der Waals surface area contributed by atoms with Gasteiger partial charge in [0, 0.05) is 19.6 Å². The summed E-state index contributed by atoms with van der Waals surface area (Å²) in [5.41, 5.74) is 0. The average molecular weight is 216 g/mol. The summed E-state index contributed by atoms with van der Waals surface area (Å²) in [6.07, 6.45) is 2.66. The second-order valence-corrected chi connectivity index (χ2v) is 3.83. The lowest BCUT2D eigenvalue weighted by Crippen LogP contribution is -2.26. The Hall–Kier alpha value is -0.610. The van der Waals surface area contributed by atoms with Crippen LogP contribution in [0.15, 0.2) is 0 Å². The zero-order chi connectivity index (χ0) is 11.5. The lowest BCUT2D eigenvalue weighted by atomic mass is 10.3. The molecule has 1 amide bonds. The van der Waals surface area contributed by atoms with Crippen molar-refractivity contribution >= 4 is 5.91 Å². The van der Waals surface area contributed by atoms with E-state index in [1.165, 1.54) is 0 Å². The zero-order valence-corrected chi connectivity index (χ0v) is 10.1. The number of rotatable bonds is 9. The molecule has 0 saturated carbocycles. The molecule has 90 valence electrons. The normalized spacial score (nSPS) is 10.7. The van der Waals surface area contributed by atoms with E-state index in [-0.39, 0.29) is 12.0 Å². The average Bonchev–Trinajstić information content (AvgIpc) is 2.17. The lowest BCUT2D eigenvalue weighted by molar-refractivity contribution is -0.121. The van der Waals surface area contributed by atoms with Crippen molar-refractivity contribution in [2.24, 2.45) is 0 Å². The van der Waals surface area contributed by atoms with Crippen LogP contribution in [-0.4, -0.2) is 38.8 Å². The van der Waals surface area contributed by atoms with Crippen LogP contribution in [0.4, 0.5) is 0 Å². The molecule has 0 heterocycles. The Morgan fingerprint density at radius 2 is 2.00 bits per heavy atom. The quantitative estimate of drug-likeness (QED) is 0.563. The monoisotopic (exact) mass is 216 g/mol. The highest BCUT2D eigenvalue weighted by Gasteiger charge is 1.99. The Balaban J connectivity index is 3.17. The smallest absolute Gasteiger partial charge is 0.220 e. The first-order chi connectivity index (χ1) is 7.16. The van der Waals surface area contributed by atoms with Gasteiger partial charge in [0.2, 0.25) is 5.91 Å². The summed E-state index contributed by atoms with van der Waals surface area (Å²) in [7, 11) is 1.89. The van der Waals surface area contributed by atoms with Gasteiger partial charge in [-0.25, -0.2) is 0 Å². The van der Waals surface area contributed by atoms with Crippen molar-refractivity contribution in [3.05, 3.63) is 0 Å². The molecule has 4 heteroatoms. The summed E-state index contributed by atoms with van der Waals surface area (Å²) in [6.45, 7) is 6.34. The number of nitrogens with one attached hydrogen (secondary N) is 2. The molecule has 15 heavy (non-hydrogen) atoms. The largest absolute Gasteiger partial charge is 0.379 e. The molecule has 0 spiro atoms. The third-order valence-electron chi connectivity index (χ3n) is 1.93. The summed E-state index contributed by atoms with van der Waals surface area (Å²) in [5, 5.41) is 5.88. The van der Waals surface area contributed by atoms with Crippen LogP contribution in [0.5, 0.6) is 0 Å². The van der Waals surface area contributed by atoms with Gasteiger partial charge in [-0.1, -0.05) is 0 Å². The number of ether oxygens (including phenoxy) is 1. The third-order valence-corrected chi connectivity index (χ3v) is 1.93. The van der Waals surface area contributed by atoms with Gasteiger partial charge in [-0.3, -0.25) is 4.79 Å². The van der Waals surface area contributed by atoms with Crippen molar-refractivity contribution in [3.63, 3.8) is 0 Å². The summed E-state index contributed by atoms with van der Waals surface area (Å²) in [5.74, 6) is 0.134. The summed E-state index contributed by atoms with van der Waals surface area (Å²) < 4.78 is 5.36. The van der Waals surface area contributed by atoms with Crippen LogP contribution in [-0.2, 0) is 9.53 Å². The number of carbonyl (C=O) groups is 1. The molecule has 0 fully saturated rings. The molecule has 0 saturated heterocycles.